The molecule has 0 aliphatic heterocycles. The van der Waals surface area contributed by atoms with Crippen molar-refractivity contribution in [2.45, 2.75) is 27.1 Å². The molecule has 0 saturated heterocycles. The minimum absolute atomic E-state index is 0. The van der Waals surface area contributed by atoms with Gasteiger partial charge >= 0.3 is 0 Å². The summed E-state index contributed by atoms with van der Waals surface area (Å²) in [6.45, 7) is 5.36. The van der Waals surface area contributed by atoms with E-state index in [-0.39, 0.29) is 7.43 Å². The Bertz CT molecular complexity index is 855. The number of hydrogen-bond donors (Lipinski definition) is 6. The Morgan fingerprint density at radius 1 is 0.711 bits per heavy atom. The molecular formula is C28H44ClN7S2. The summed E-state index contributed by atoms with van der Waals surface area (Å²) in [4.78, 5) is 2.56. The van der Waals surface area contributed by atoms with E-state index < -0.39 is 0 Å². The van der Waals surface area contributed by atoms with Gasteiger partial charge in [0, 0.05) is 65.3 Å². The van der Waals surface area contributed by atoms with Crippen LogP contribution in [0.25, 0.3) is 0 Å². The number of nitrogens with zero attached hydrogens (tertiary/aromatic N) is 1. The van der Waals surface area contributed by atoms with Gasteiger partial charge in [0.2, 0.25) is 0 Å². The maximum absolute atomic E-state index is 5.29. The highest BCUT2D eigenvalue weighted by molar-refractivity contribution is 7.80. The van der Waals surface area contributed by atoms with E-state index in [4.69, 9.17) is 35.5 Å². The van der Waals surface area contributed by atoms with Crippen LogP contribution in [0.15, 0.2) is 95.4 Å². The van der Waals surface area contributed by atoms with E-state index in [2.05, 4.69) is 61.8 Å². The topological polar surface area (TPSA) is 113 Å². The predicted molar refractivity (Wildman–Crippen MR) is 172 cm³/mol. The lowest BCUT2D eigenvalue weighted by Crippen LogP contribution is -2.34. The first-order chi connectivity index (χ1) is 18.1. The molecule has 0 unspecified atom stereocenters. The third kappa shape index (κ3) is 23.9. The van der Waals surface area contributed by atoms with Crippen molar-refractivity contribution in [3.63, 3.8) is 0 Å². The monoisotopic (exact) mass is 577 g/mol. The first-order valence-corrected chi connectivity index (χ1v) is 13.1. The molecule has 8 N–H and O–H groups in total. The Balaban J connectivity index is 0. The summed E-state index contributed by atoms with van der Waals surface area (Å²) in [7, 11) is 1.56. The molecule has 210 valence electrons. The zero-order chi connectivity index (χ0) is 27.4. The number of nitrogens with one attached hydrogen (secondary N) is 4. The van der Waals surface area contributed by atoms with Crippen LogP contribution in [0.2, 0.25) is 0 Å². The van der Waals surface area contributed by atoms with Crippen LogP contribution in [0.4, 0.5) is 0 Å². The molecule has 0 atom stereocenters. The molecule has 3 aromatic rings. The third-order valence-corrected chi connectivity index (χ3v) is 4.77. The summed E-state index contributed by atoms with van der Waals surface area (Å²) in [6, 6.07) is 30.4. The van der Waals surface area contributed by atoms with Crippen molar-refractivity contribution in [1.82, 2.24) is 20.8 Å². The molecule has 38 heavy (non-hydrogen) atoms. The van der Waals surface area contributed by atoms with Crippen LogP contribution in [0, 0.1) is 0 Å². The van der Waals surface area contributed by atoms with E-state index in [1.807, 2.05) is 66.7 Å². The molecular weight excluding hydrogens is 534 g/mol. The first kappa shape index (κ1) is 37.7. The maximum Gasteiger partial charge on any atom is 0.166 e. The summed E-state index contributed by atoms with van der Waals surface area (Å²) in [5.74, 6) is 0. The number of rotatable bonds is 10. The standard InChI is InChI=1S/C15H16N2S.C7H8ClN.C4H13N3.CH3NS.CH4/c18-15(16-11-13-7-3-1-4-8-13)17-12-14-9-5-2-6-10-14;8-9-6-7-4-2-1-3-5-7;5-1-3-7-4-2-6;1-2-3;/h1-10H,11-12H2,(H2,16,17,18);1-5,9H,6H2;7H,1-6H2;1H3;1H4. The highest BCUT2D eigenvalue weighted by Gasteiger charge is 1.96. The minimum Gasteiger partial charge on any atom is -0.359 e. The molecule has 0 aromatic heterocycles. The molecule has 0 aliphatic rings. The van der Waals surface area contributed by atoms with Crippen LogP contribution >= 0.6 is 24.0 Å². The maximum atomic E-state index is 5.29. The Morgan fingerprint density at radius 2 is 1.03 bits per heavy atom. The van der Waals surface area contributed by atoms with E-state index in [9.17, 15) is 0 Å². The van der Waals surface area contributed by atoms with Crippen molar-refractivity contribution in [1.29, 1.82) is 0 Å². The third-order valence-electron chi connectivity index (χ3n) is 4.35. The lowest BCUT2D eigenvalue weighted by molar-refractivity contribution is 0.696. The van der Waals surface area contributed by atoms with Crippen LogP contribution in [0.3, 0.4) is 0 Å². The number of hydrogen-bond acceptors (Lipinski definition) is 7. The second-order valence-electron chi connectivity index (χ2n) is 7.31. The molecule has 3 aromatic carbocycles. The van der Waals surface area contributed by atoms with E-state index in [0.29, 0.717) is 18.2 Å². The molecule has 0 heterocycles. The molecule has 10 heteroatoms. The minimum atomic E-state index is 0. The fourth-order valence-electron chi connectivity index (χ4n) is 2.62. The molecule has 0 radical (unpaired) electrons. The Kier molecular flexibility index (Phi) is 28.8. The SMILES string of the molecule is C.CN=S.ClNCc1ccccc1.NCCNCCN.S=C(NCc1ccccc1)NCc1ccccc1. The summed E-state index contributed by atoms with van der Waals surface area (Å²) in [6.07, 6.45) is 0. The number of nitrogens with two attached hydrogens (primary N) is 2. The normalized spacial score (nSPS) is 8.95. The molecule has 0 spiro atoms. The molecule has 0 bridgehead atoms. The average molecular weight is 578 g/mol. The number of benzene rings is 3. The van der Waals surface area contributed by atoms with Gasteiger partial charge in [-0.15, -0.1) is 0 Å². The molecule has 3 rings (SSSR count). The van der Waals surface area contributed by atoms with Gasteiger partial charge in [0.1, 0.15) is 0 Å². The molecule has 7 nitrogen and oxygen atoms in total. The quantitative estimate of drug-likeness (QED) is 0.120. The van der Waals surface area contributed by atoms with Gasteiger partial charge < -0.3 is 27.4 Å². The van der Waals surface area contributed by atoms with E-state index in [0.717, 1.165) is 32.7 Å². The second-order valence-corrected chi connectivity index (χ2v) is 8.35. The highest BCUT2D eigenvalue weighted by atomic mass is 35.5. The van der Waals surface area contributed by atoms with Gasteiger partial charge in [0.05, 0.1) is 0 Å². The van der Waals surface area contributed by atoms with Gasteiger partial charge in [0.25, 0.3) is 0 Å². The molecule has 0 saturated carbocycles. The van der Waals surface area contributed by atoms with Crippen molar-refractivity contribution in [3.05, 3.63) is 108 Å². The average Bonchev–Trinajstić information content (AvgIpc) is 2.94. The van der Waals surface area contributed by atoms with E-state index in [1.165, 1.54) is 16.7 Å². The summed E-state index contributed by atoms with van der Waals surface area (Å²) in [5.41, 5.74) is 14.0. The van der Waals surface area contributed by atoms with Gasteiger partial charge in [-0.1, -0.05) is 98.4 Å². The molecule has 0 fully saturated rings. The summed E-state index contributed by atoms with van der Waals surface area (Å²) < 4.78 is 3.08. The van der Waals surface area contributed by atoms with Gasteiger partial charge in [-0.25, -0.2) is 9.20 Å². The Hall–Kier alpha value is -2.50. The van der Waals surface area contributed by atoms with Gasteiger partial charge in [-0.05, 0) is 40.7 Å². The molecule has 0 amide bonds. The second kappa shape index (κ2) is 29.1. The first-order valence-electron chi connectivity index (χ1n) is 11.9. The zero-order valence-electron chi connectivity index (χ0n) is 21.4. The van der Waals surface area contributed by atoms with Crippen LogP contribution in [-0.4, -0.2) is 38.3 Å². The van der Waals surface area contributed by atoms with E-state index in [1.54, 1.807) is 7.05 Å². The van der Waals surface area contributed by atoms with Gasteiger partial charge in [-0.3, -0.25) is 0 Å². The van der Waals surface area contributed by atoms with Crippen molar-refractivity contribution in [2.75, 3.05) is 33.2 Å². The van der Waals surface area contributed by atoms with Crippen LogP contribution in [0.1, 0.15) is 24.1 Å². The van der Waals surface area contributed by atoms with Gasteiger partial charge in [-0.2, -0.15) is 0 Å². The largest absolute Gasteiger partial charge is 0.359 e. The fourth-order valence-corrected chi connectivity index (χ4v) is 2.92. The van der Waals surface area contributed by atoms with Crippen molar-refractivity contribution >= 4 is 41.5 Å². The zero-order valence-corrected chi connectivity index (χ0v) is 23.8. The number of halogens is 1. The molecule has 0 aliphatic carbocycles. The summed E-state index contributed by atoms with van der Waals surface area (Å²) >= 11 is 14.5. The van der Waals surface area contributed by atoms with Crippen LogP contribution in [0.5, 0.6) is 0 Å². The Labute approximate surface area is 245 Å². The number of thiocarbonyl (C=S) groups is 1. The van der Waals surface area contributed by atoms with Crippen LogP contribution in [-0.2, 0) is 32.1 Å². The van der Waals surface area contributed by atoms with E-state index >= 15 is 0 Å². The smallest absolute Gasteiger partial charge is 0.166 e. The highest BCUT2D eigenvalue weighted by Crippen LogP contribution is 1.99. The Morgan fingerprint density at radius 3 is 1.32 bits per heavy atom. The summed E-state index contributed by atoms with van der Waals surface area (Å²) in [5, 5.41) is 10.1. The van der Waals surface area contributed by atoms with Crippen molar-refractivity contribution in [2.24, 2.45) is 15.8 Å². The van der Waals surface area contributed by atoms with Crippen LogP contribution < -0.4 is 32.3 Å². The predicted octanol–water partition coefficient (Wildman–Crippen LogP) is 4.26. The van der Waals surface area contributed by atoms with Crippen molar-refractivity contribution < 1.29 is 0 Å². The van der Waals surface area contributed by atoms with Gasteiger partial charge in [0.15, 0.2) is 5.11 Å². The lowest BCUT2D eigenvalue weighted by Gasteiger charge is -2.10. The van der Waals surface area contributed by atoms with Crippen molar-refractivity contribution in [3.8, 4) is 0 Å². The fraction of sp³-hybridized carbons (Fsp3) is 0.321. The lowest BCUT2D eigenvalue weighted by atomic mass is 10.2.